The SMILES string of the molecule is Cl.Cl.O=C(COc1cccc2c1C(=O)N(C1CCC(=O)NC1=O)C2=O)NCCCN1CCNCC1. The highest BCUT2D eigenvalue weighted by Crippen LogP contribution is 2.33. The number of amides is 5. The minimum Gasteiger partial charge on any atom is -0.483 e. The number of nitrogens with one attached hydrogen (secondary N) is 3. The first-order chi connectivity index (χ1) is 16.0. The second-order valence-corrected chi connectivity index (χ2v) is 8.21. The third kappa shape index (κ3) is 6.49. The Labute approximate surface area is 215 Å². The van der Waals surface area contributed by atoms with Gasteiger partial charge in [-0.05, 0) is 31.5 Å². The fraction of sp³-hybridized carbons (Fsp3) is 0.500. The molecule has 0 aliphatic carbocycles. The second kappa shape index (κ2) is 12.8. The van der Waals surface area contributed by atoms with E-state index in [1.165, 1.54) is 12.1 Å². The number of imide groups is 2. The smallest absolute Gasteiger partial charge is 0.266 e. The molecule has 0 saturated carbocycles. The number of fused-ring (bicyclic) bond motifs is 1. The van der Waals surface area contributed by atoms with E-state index in [0.29, 0.717) is 6.54 Å². The molecule has 4 rings (SSSR count). The number of carbonyl (C=O) groups excluding carboxylic acids is 5. The molecule has 0 spiro atoms. The maximum Gasteiger partial charge on any atom is 0.266 e. The number of hydrogen-bond acceptors (Lipinski definition) is 8. The lowest BCUT2D eigenvalue weighted by atomic mass is 10.0. The van der Waals surface area contributed by atoms with Gasteiger partial charge in [0.15, 0.2) is 6.61 Å². The highest BCUT2D eigenvalue weighted by molar-refractivity contribution is 6.24. The lowest BCUT2D eigenvalue weighted by Gasteiger charge is -2.27. The van der Waals surface area contributed by atoms with Crippen molar-refractivity contribution in [2.45, 2.75) is 25.3 Å². The van der Waals surface area contributed by atoms with Crippen LogP contribution in [0.3, 0.4) is 0 Å². The van der Waals surface area contributed by atoms with Crippen molar-refractivity contribution in [3.63, 3.8) is 0 Å². The summed E-state index contributed by atoms with van der Waals surface area (Å²) in [6.07, 6.45) is 0.936. The minimum absolute atomic E-state index is 0. The predicted octanol–water partition coefficient (Wildman–Crippen LogP) is -0.278. The van der Waals surface area contributed by atoms with E-state index in [1.54, 1.807) is 6.07 Å². The molecule has 192 valence electrons. The standard InChI is InChI=1S/C22H27N5O6.2ClH/c28-17-6-5-15(20(30)25-17)27-21(31)14-3-1-4-16(19(14)22(27)32)33-13-18(29)24-7-2-10-26-11-8-23-9-12-26;;/h1,3-4,15,23H,2,5-13H2,(H,24,29)(H,25,28,30);2*1H. The van der Waals surface area contributed by atoms with E-state index in [2.05, 4.69) is 20.9 Å². The number of piperazine rings is 1. The molecule has 2 saturated heterocycles. The Morgan fingerprint density at radius 1 is 1.09 bits per heavy atom. The Bertz CT molecular complexity index is 985. The maximum atomic E-state index is 13.0. The van der Waals surface area contributed by atoms with Crippen LogP contribution in [0.15, 0.2) is 18.2 Å². The Morgan fingerprint density at radius 3 is 2.54 bits per heavy atom. The predicted molar refractivity (Wildman–Crippen MR) is 130 cm³/mol. The van der Waals surface area contributed by atoms with Crippen LogP contribution < -0.4 is 20.7 Å². The van der Waals surface area contributed by atoms with Crippen LogP contribution in [0.2, 0.25) is 0 Å². The molecule has 35 heavy (non-hydrogen) atoms. The third-order valence-electron chi connectivity index (χ3n) is 5.97. The molecule has 2 fully saturated rings. The van der Waals surface area contributed by atoms with E-state index in [1.807, 2.05) is 0 Å². The van der Waals surface area contributed by atoms with Gasteiger partial charge in [0.25, 0.3) is 17.7 Å². The highest BCUT2D eigenvalue weighted by atomic mass is 35.5. The summed E-state index contributed by atoms with van der Waals surface area (Å²) in [5, 5.41) is 8.25. The van der Waals surface area contributed by atoms with Crippen molar-refractivity contribution in [1.82, 2.24) is 25.8 Å². The molecule has 1 aromatic carbocycles. The van der Waals surface area contributed by atoms with E-state index in [9.17, 15) is 24.0 Å². The average Bonchev–Trinajstić information content (AvgIpc) is 3.07. The van der Waals surface area contributed by atoms with Crippen molar-refractivity contribution in [3.8, 4) is 5.75 Å². The van der Waals surface area contributed by atoms with Gasteiger partial charge in [-0.25, -0.2) is 0 Å². The van der Waals surface area contributed by atoms with Gasteiger partial charge in [-0.15, -0.1) is 24.8 Å². The summed E-state index contributed by atoms with van der Waals surface area (Å²) in [6.45, 7) is 5.07. The van der Waals surface area contributed by atoms with Crippen LogP contribution in [0.4, 0.5) is 0 Å². The van der Waals surface area contributed by atoms with Crippen molar-refractivity contribution >= 4 is 54.3 Å². The van der Waals surface area contributed by atoms with Crippen molar-refractivity contribution < 1.29 is 28.7 Å². The largest absolute Gasteiger partial charge is 0.483 e. The van der Waals surface area contributed by atoms with E-state index in [-0.39, 0.29) is 67.0 Å². The summed E-state index contributed by atoms with van der Waals surface area (Å²) < 4.78 is 5.57. The monoisotopic (exact) mass is 529 g/mol. The van der Waals surface area contributed by atoms with Gasteiger partial charge in [-0.2, -0.15) is 0 Å². The van der Waals surface area contributed by atoms with Gasteiger partial charge < -0.3 is 20.3 Å². The fourth-order valence-corrected chi connectivity index (χ4v) is 4.26. The number of halogens is 2. The van der Waals surface area contributed by atoms with Crippen molar-refractivity contribution in [2.75, 3.05) is 45.9 Å². The number of nitrogens with zero attached hydrogens (tertiary/aromatic N) is 2. The molecule has 11 nitrogen and oxygen atoms in total. The number of piperidine rings is 1. The zero-order valence-corrected chi connectivity index (χ0v) is 20.7. The molecular formula is C22H29Cl2N5O6. The molecule has 0 radical (unpaired) electrons. The number of hydrogen-bond donors (Lipinski definition) is 3. The third-order valence-corrected chi connectivity index (χ3v) is 5.97. The van der Waals surface area contributed by atoms with E-state index >= 15 is 0 Å². The van der Waals surface area contributed by atoms with Crippen LogP contribution in [0, 0.1) is 0 Å². The summed E-state index contributed by atoms with van der Waals surface area (Å²) in [6, 6.07) is 3.49. The normalized spacial score (nSPS) is 19.9. The molecule has 1 aromatic rings. The number of ether oxygens (including phenoxy) is 1. The summed E-state index contributed by atoms with van der Waals surface area (Å²) in [4.78, 5) is 64.8. The van der Waals surface area contributed by atoms with Gasteiger partial charge in [-0.3, -0.25) is 34.2 Å². The van der Waals surface area contributed by atoms with E-state index in [4.69, 9.17) is 4.74 Å². The van der Waals surface area contributed by atoms with Crippen molar-refractivity contribution in [2.24, 2.45) is 0 Å². The minimum atomic E-state index is -1.05. The quantitative estimate of drug-likeness (QED) is 0.309. The number of carbonyl (C=O) groups is 5. The zero-order chi connectivity index (χ0) is 23.4. The molecule has 1 unspecified atom stereocenters. The Hall–Kier alpha value is -2.73. The van der Waals surface area contributed by atoms with Crippen molar-refractivity contribution in [1.29, 1.82) is 0 Å². The summed E-state index contributed by atoms with van der Waals surface area (Å²) in [7, 11) is 0. The van der Waals surface area contributed by atoms with Gasteiger partial charge in [0.2, 0.25) is 11.8 Å². The Morgan fingerprint density at radius 2 is 1.83 bits per heavy atom. The first kappa shape index (κ1) is 28.5. The first-order valence-corrected chi connectivity index (χ1v) is 11.1. The van der Waals surface area contributed by atoms with Crippen LogP contribution in [-0.2, 0) is 14.4 Å². The van der Waals surface area contributed by atoms with Crippen molar-refractivity contribution in [3.05, 3.63) is 29.3 Å². The van der Waals surface area contributed by atoms with Crippen LogP contribution >= 0.6 is 24.8 Å². The highest BCUT2D eigenvalue weighted by Gasteiger charge is 2.46. The molecule has 13 heteroatoms. The number of benzene rings is 1. The van der Waals surface area contributed by atoms with Gasteiger partial charge in [-0.1, -0.05) is 6.07 Å². The maximum absolute atomic E-state index is 13.0. The summed E-state index contributed by atoms with van der Waals surface area (Å²) in [5.74, 6) is -2.62. The summed E-state index contributed by atoms with van der Waals surface area (Å²) >= 11 is 0. The van der Waals surface area contributed by atoms with Gasteiger partial charge in [0.05, 0.1) is 11.1 Å². The molecule has 5 amide bonds. The number of rotatable bonds is 8. The van der Waals surface area contributed by atoms with Gasteiger partial charge in [0.1, 0.15) is 11.8 Å². The molecule has 3 N–H and O–H groups in total. The first-order valence-electron chi connectivity index (χ1n) is 11.1. The molecule has 1 atom stereocenters. The Balaban J connectivity index is 0.00000216. The lowest BCUT2D eigenvalue weighted by Crippen LogP contribution is -2.54. The van der Waals surface area contributed by atoms with Crippen LogP contribution in [0.1, 0.15) is 40.0 Å². The van der Waals surface area contributed by atoms with Crippen LogP contribution in [-0.4, -0.2) is 91.3 Å². The molecule has 0 aromatic heterocycles. The van der Waals surface area contributed by atoms with Gasteiger partial charge in [0, 0.05) is 39.1 Å². The molecular weight excluding hydrogens is 501 g/mol. The average molecular weight is 530 g/mol. The van der Waals surface area contributed by atoms with Gasteiger partial charge >= 0.3 is 0 Å². The van der Waals surface area contributed by atoms with Crippen LogP contribution in [0.5, 0.6) is 5.75 Å². The lowest BCUT2D eigenvalue weighted by molar-refractivity contribution is -0.136. The topological polar surface area (TPSA) is 137 Å². The second-order valence-electron chi connectivity index (χ2n) is 8.21. The zero-order valence-electron chi connectivity index (χ0n) is 19.0. The van der Waals surface area contributed by atoms with Crippen LogP contribution in [0.25, 0.3) is 0 Å². The molecule has 3 aliphatic heterocycles. The fourth-order valence-electron chi connectivity index (χ4n) is 4.26. The molecule has 0 bridgehead atoms. The summed E-state index contributed by atoms with van der Waals surface area (Å²) in [5.41, 5.74) is 0.136. The van der Waals surface area contributed by atoms with E-state index in [0.717, 1.165) is 44.0 Å². The molecule has 3 heterocycles. The van der Waals surface area contributed by atoms with E-state index < -0.39 is 29.7 Å². The Kier molecular flexibility index (Phi) is 10.4. The molecule has 3 aliphatic rings.